The van der Waals surface area contributed by atoms with E-state index in [1.54, 1.807) is 11.8 Å². The average Bonchev–Trinajstić information content (AvgIpc) is 2.28. The molecule has 82 valence electrons. The number of nitrogens with two attached hydrogens (primary N) is 1. The van der Waals surface area contributed by atoms with E-state index in [1.165, 1.54) is 0 Å². The Morgan fingerprint density at radius 3 is 2.73 bits per heavy atom. The summed E-state index contributed by atoms with van der Waals surface area (Å²) in [5.41, 5.74) is 6.45. The van der Waals surface area contributed by atoms with Gasteiger partial charge in [0.25, 0.3) is 0 Å². The topological polar surface area (TPSA) is 55.1 Å². The minimum atomic E-state index is 0.0669. The first kappa shape index (κ1) is 12.1. The molecule has 0 aliphatic carbocycles. The van der Waals surface area contributed by atoms with Crippen molar-refractivity contribution in [1.82, 2.24) is 5.32 Å². The Labute approximate surface area is 94.4 Å². The summed E-state index contributed by atoms with van der Waals surface area (Å²) in [6, 6.07) is 9.87. The molecule has 0 bridgehead atoms. The monoisotopic (exact) mass is 224 g/mol. The largest absolute Gasteiger partial charge is 0.351 e. The summed E-state index contributed by atoms with van der Waals surface area (Å²) >= 11 is 1.56. The summed E-state index contributed by atoms with van der Waals surface area (Å²) in [4.78, 5) is 11.3. The van der Waals surface area contributed by atoms with Gasteiger partial charge in [-0.3, -0.25) is 4.79 Å². The first-order valence-corrected chi connectivity index (χ1v) is 6.07. The van der Waals surface area contributed by atoms with Crippen LogP contribution in [0.2, 0.25) is 0 Å². The van der Waals surface area contributed by atoms with Crippen LogP contribution in [0.5, 0.6) is 0 Å². The number of hydrogen-bond acceptors (Lipinski definition) is 3. The normalized spacial score (nSPS) is 9.93. The fourth-order valence-electron chi connectivity index (χ4n) is 1.10. The van der Waals surface area contributed by atoms with E-state index in [0.29, 0.717) is 18.8 Å². The van der Waals surface area contributed by atoms with Crippen molar-refractivity contribution in [2.75, 3.05) is 18.1 Å². The van der Waals surface area contributed by atoms with E-state index >= 15 is 0 Å². The molecule has 0 heterocycles. The van der Waals surface area contributed by atoms with Crippen LogP contribution in [-0.2, 0) is 11.3 Å². The van der Waals surface area contributed by atoms with Gasteiger partial charge < -0.3 is 11.1 Å². The van der Waals surface area contributed by atoms with Gasteiger partial charge in [0.1, 0.15) is 0 Å². The van der Waals surface area contributed by atoms with Crippen LogP contribution in [0.25, 0.3) is 0 Å². The van der Waals surface area contributed by atoms with Crippen LogP contribution >= 0.6 is 11.8 Å². The molecule has 0 aliphatic heterocycles. The second-order valence-corrected chi connectivity index (χ2v) is 4.21. The Hall–Kier alpha value is -1.00. The van der Waals surface area contributed by atoms with Crippen molar-refractivity contribution in [3.8, 4) is 0 Å². The molecule has 0 fully saturated rings. The van der Waals surface area contributed by atoms with Crippen molar-refractivity contribution >= 4 is 17.7 Å². The highest BCUT2D eigenvalue weighted by Crippen LogP contribution is 1.99. The highest BCUT2D eigenvalue weighted by atomic mass is 32.2. The van der Waals surface area contributed by atoms with Crippen molar-refractivity contribution in [3.05, 3.63) is 35.9 Å². The third kappa shape index (κ3) is 5.44. The van der Waals surface area contributed by atoms with E-state index in [1.807, 2.05) is 30.3 Å². The van der Waals surface area contributed by atoms with Crippen LogP contribution in [0.3, 0.4) is 0 Å². The van der Waals surface area contributed by atoms with Crippen molar-refractivity contribution in [1.29, 1.82) is 0 Å². The van der Waals surface area contributed by atoms with Crippen molar-refractivity contribution < 1.29 is 4.79 Å². The molecule has 1 amide bonds. The number of carbonyl (C=O) groups excluding carboxylic acids is 1. The summed E-state index contributed by atoms with van der Waals surface area (Å²) in [5.74, 6) is 1.39. The number of benzene rings is 1. The minimum Gasteiger partial charge on any atom is -0.351 e. The van der Waals surface area contributed by atoms with E-state index in [-0.39, 0.29) is 5.91 Å². The Balaban J connectivity index is 2.17. The Morgan fingerprint density at radius 2 is 2.07 bits per heavy atom. The van der Waals surface area contributed by atoms with Crippen LogP contribution in [0, 0.1) is 0 Å². The Bertz CT molecular complexity index is 290. The maximum absolute atomic E-state index is 11.3. The summed E-state index contributed by atoms with van der Waals surface area (Å²) < 4.78 is 0. The average molecular weight is 224 g/mol. The van der Waals surface area contributed by atoms with Crippen molar-refractivity contribution in [3.63, 3.8) is 0 Å². The number of carbonyl (C=O) groups is 1. The van der Waals surface area contributed by atoms with Crippen LogP contribution in [0.4, 0.5) is 0 Å². The van der Waals surface area contributed by atoms with Crippen molar-refractivity contribution in [2.45, 2.75) is 6.54 Å². The van der Waals surface area contributed by atoms with Crippen LogP contribution in [0.15, 0.2) is 30.3 Å². The second kappa shape index (κ2) is 7.31. The quantitative estimate of drug-likeness (QED) is 0.709. The predicted octanol–water partition coefficient (Wildman–Crippen LogP) is 0.995. The molecule has 0 radical (unpaired) electrons. The van der Waals surface area contributed by atoms with Crippen LogP contribution in [-0.4, -0.2) is 24.0 Å². The molecule has 0 spiro atoms. The molecule has 0 saturated carbocycles. The number of nitrogens with one attached hydrogen (secondary N) is 1. The summed E-state index contributed by atoms with van der Waals surface area (Å²) in [5, 5.41) is 2.86. The van der Waals surface area contributed by atoms with Gasteiger partial charge in [-0.15, -0.1) is 0 Å². The lowest BCUT2D eigenvalue weighted by Crippen LogP contribution is -2.25. The zero-order valence-electron chi connectivity index (χ0n) is 8.61. The Kier molecular flexibility index (Phi) is 5.88. The molecular formula is C11H16N2OS. The van der Waals surface area contributed by atoms with Gasteiger partial charge in [0.05, 0.1) is 5.75 Å². The lowest BCUT2D eigenvalue weighted by molar-refractivity contribution is -0.118. The molecule has 0 aliphatic rings. The number of thioether (sulfide) groups is 1. The van der Waals surface area contributed by atoms with E-state index in [0.717, 1.165) is 11.3 Å². The maximum Gasteiger partial charge on any atom is 0.230 e. The molecule has 1 aromatic rings. The molecule has 3 nitrogen and oxygen atoms in total. The van der Waals surface area contributed by atoms with Crippen LogP contribution in [0.1, 0.15) is 5.56 Å². The van der Waals surface area contributed by atoms with Gasteiger partial charge in [-0.05, 0) is 5.56 Å². The standard InChI is InChI=1S/C11H16N2OS/c12-6-7-15-9-11(14)13-8-10-4-2-1-3-5-10/h1-5H,6-9,12H2,(H,13,14). The molecular weight excluding hydrogens is 208 g/mol. The van der Waals surface area contributed by atoms with Gasteiger partial charge in [-0.1, -0.05) is 30.3 Å². The van der Waals surface area contributed by atoms with Gasteiger partial charge in [-0.25, -0.2) is 0 Å². The molecule has 15 heavy (non-hydrogen) atoms. The summed E-state index contributed by atoms with van der Waals surface area (Å²) in [6.45, 7) is 1.22. The summed E-state index contributed by atoms with van der Waals surface area (Å²) in [7, 11) is 0. The molecule has 0 aromatic heterocycles. The minimum absolute atomic E-state index is 0.0669. The van der Waals surface area contributed by atoms with Gasteiger partial charge in [-0.2, -0.15) is 11.8 Å². The smallest absolute Gasteiger partial charge is 0.230 e. The fourth-order valence-corrected chi connectivity index (χ4v) is 1.69. The van der Waals surface area contributed by atoms with Crippen LogP contribution < -0.4 is 11.1 Å². The number of amides is 1. The second-order valence-electron chi connectivity index (χ2n) is 3.10. The zero-order chi connectivity index (χ0) is 10.9. The third-order valence-electron chi connectivity index (χ3n) is 1.83. The van der Waals surface area contributed by atoms with Gasteiger partial charge in [0.2, 0.25) is 5.91 Å². The Morgan fingerprint density at radius 1 is 1.33 bits per heavy atom. The molecule has 0 atom stereocenters. The van der Waals surface area contributed by atoms with Crippen molar-refractivity contribution in [2.24, 2.45) is 5.73 Å². The molecule has 3 N–H and O–H groups in total. The zero-order valence-corrected chi connectivity index (χ0v) is 9.43. The first-order chi connectivity index (χ1) is 7.33. The summed E-state index contributed by atoms with van der Waals surface area (Å²) in [6.07, 6.45) is 0. The first-order valence-electron chi connectivity index (χ1n) is 4.91. The van der Waals surface area contributed by atoms with E-state index < -0.39 is 0 Å². The SMILES string of the molecule is NCCSCC(=O)NCc1ccccc1. The molecule has 1 rings (SSSR count). The highest BCUT2D eigenvalue weighted by molar-refractivity contribution is 7.99. The van der Waals surface area contributed by atoms with Gasteiger partial charge in [0, 0.05) is 18.8 Å². The maximum atomic E-state index is 11.3. The van der Waals surface area contributed by atoms with Gasteiger partial charge in [0.15, 0.2) is 0 Å². The van der Waals surface area contributed by atoms with Gasteiger partial charge >= 0.3 is 0 Å². The fraction of sp³-hybridized carbons (Fsp3) is 0.364. The highest BCUT2D eigenvalue weighted by Gasteiger charge is 2.00. The van der Waals surface area contributed by atoms with E-state index in [2.05, 4.69) is 5.32 Å². The lowest BCUT2D eigenvalue weighted by Gasteiger charge is -2.04. The molecule has 0 unspecified atom stereocenters. The molecule has 0 saturated heterocycles. The van der Waals surface area contributed by atoms with E-state index in [4.69, 9.17) is 5.73 Å². The predicted molar refractivity (Wildman–Crippen MR) is 64.7 cm³/mol. The molecule has 4 heteroatoms. The lowest BCUT2D eigenvalue weighted by atomic mass is 10.2. The van der Waals surface area contributed by atoms with E-state index in [9.17, 15) is 4.79 Å². The number of rotatable bonds is 6. The molecule has 1 aromatic carbocycles. The third-order valence-corrected chi connectivity index (χ3v) is 2.82. The number of hydrogen-bond donors (Lipinski definition) is 2.